The number of nitrogens with one attached hydrogen (secondary N) is 1. The number of ether oxygens (including phenoxy) is 1. The number of hydrogen-bond donors (Lipinski definition) is 1. The molecule has 2 unspecified atom stereocenters. The van der Waals surface area contributed by atoms with Crippen LogP contribution in [0.25, 0.3) is 0 Å². The van der Waals surface area contributed by atoms with Gasteiger partial charge < -0.3 is 10.1 Å². The van der Waals surface area contributed by atoms with Crippen molar-refractivity contribution in [2.75, 3.05) is 19.7 Å². The fourth-order valence-corrected chi connectivity index (χ4v) is 3.18. The molecule has 0 amide bonds. The molecule has 0 bridgehead atoms. The lowest BCUT2D eigenvalue weighted by Gasteiger charge is -2.14. The molecule has 19 heavy (non-hydrogen) atoms. The van der Waals surface area contributed by atoms with E-state index in [2.05, 4.69) is 22.2 Å². The van der Waals surface area contributed by atoms with E-state index < -0.39 is 0 Å². The Hall–Kier alpha value is -0.650. The summed E-state index contributed by atoms with van der Waals surface area (Å²) < 4.78 is 5.59. The van der Waals surface area contributed by atoms with E-state index in [4.69, 9.17) is 4.74 Å². The molecule has 2 atom stereocenters. The summed E-state index contributed by atoms with van der Waals surface area (Å²) in [5.74, 6) is 0. The van der Waals surface area contributed by atoms with Crippen LogP contribution in [0.2, 0.25) is 0 Å². The monoisotopic (exact) mass is 281 g/mol. The maximum atomic E-state index is 5.59. The minimum Gasteiger partial charge on any atom is -0.377 e. The maximum Gasteiger partial charge on any atom is 0.188 e. The van der Waals surface area contributed by atoms with Crippen molar-refractivity contribution >= 4 is 11.8 Å². The summed E-state index contributed by atoms with van der Waals surface area (Å²) in [7, 11) is 0. The van der Waals surface area contributed by atoms with E-state index in [-0.39, 0.29) is 0 Å². The predicted molar refractivity (Wildman–Crippen MR) is 78.7 cm³/mol. The number of aromatic nitrogens is 2. The highest BCUT2D eigenvalue weighted by molar-refractivity contribution is 7.99. The Bertz CT molecular complexity index is 387. The molecule has 0 aromatic carbocycles. The van der Waals surface area contributed by atoms with Crippen molar-refractivity contribution in [3.63, 3.8) is 0 Å². The number of aryl methyl sites for hydroxylation is 2. The standard InChI is InChI=1S/C14H23N3OS/c1-10-7-11(2)17-14(16-10)19-12(3)8-15-9-13-5-4-6-18-13/h7,12-13,15H,4-6,8-9H2,1-3H3. The molecule has 2 heterocycles. The minimum atomic E-state index is 0.412. The van der Waals surface area contributed by atoms with Gasteiger partial charge >= 0.3 is 0 Å². The Morgan fingerprint density at radius 3 is 2.79 bits per heavy atom. The first kappa shape index (κ1) is 14.8. The third-order valence-electron chi connectivity index (χ3n) is 3.10. The number of nitrogens with zero attached hydrogens (tertiary/aromatic N) is 2. The zero-order chi connectivity index (χ0) is 13.7. The summed E-state index contributed by atoms with van der Waals surface area (Å²) in [5, 5.41) is 4.81. The minimum absolute atomic E-state index is 0.412. The van der Waals surface area contributed by atoms with E-state index in [9.17, 15) is 0 Å². The Kier molecular flexibility index (Phi) is 5.60. The highest BCUT2D eigenvalue weighted by Gasteiger charge is 2.15. The van der Waals surface area contributed by atoms with Crippen molar-refractivity contribution in [2.24, 2.45) is 0 Å². The van der Waals surface area contributed by atoms with Crippen molar-refractivity contribution < 1.29 is 4.74 Å². The normalized spacial score (nSPS) is 20.7. The molecule has 1 aromatic heterocycles. The van der Waals surface area contributed by atoms with Crippen molar-refractivity contribution in [3.05, 3.63) is 17.5 Å². The first-order valence-corrected chi connectivity index (χ1v) is 7.82. The topological polar surface area (TPSA) is 47.0 Å². The van der Waals surface area contributed by atoms with E-state index in [1.165, 1.54) is 12.8 Å². The van der Waals surface area contributed by atoms with Gasteiger partial charge in [0, 0.05) is 36.3 Å². The van der Waals surface area contributed by atoms with Gasteiger partial charge in [0.1, 0.15) is 0 Å². The molecular weight excluding hydrogens is 258 g/mol. The second kappa shape index (κ2) is 7.22. The fraction of sp³-hybridized carbons (Fsp3) is 0.714. The predicted octanol–water partition coefficient (Wildman–Crippen LogP) is 2.34. The van der Waals surface area contributed by atoms with Crippen molar-refractivity contribution in [1.82, 2.24) is 15.3 Å². The molecule has 0 spiro atoms. The van der Waals surface area contributed by atoms with Crippen LogP contribution in [0.3, 0.4) is 0 Å². The molecule has 2 rings (SSSR count). The number of thioether (sulfide) groups is 1. The van der Waals surface area contributed by atoms with E-state index >= 15 is 0 Å². The van der Waals surface area contributed by atoms with Crippen LogP contribution in [-0.4, -0.2) is 41.0 Å². The molecule has 1 saturated heterocycles. The summed E-state index contributed by atoms with van der Waals surface area (Å²) in [5.41, 5.74) is 2.07. The molecule has 0 aliphatic carbocycles. The van der Waals surface area contributed by atoms with Gasteiger partial charge in [-0.3, -0.25) is 0 Å². The van der Waals surface area contributed by atoms with Crippen LogP contribution in [0.4, 0.5) is 0 Å². The van der Waals surface area contributed by atoms with Crippen molar-refractivity contribution in [1.29, 1.82) is 0 Å². The molecule has 0 saturated carbocycles. The second-order valence-electron chi connectivity index (χ2n) is 5.16. The van der Waals surface area contributed by atoms with Crippen LogP contribution in [-0.2, 0) is 4.74 Å². The molecule has 1 aliphatic heterocycles. The quantitative estimate of drug-likeness (QED) is 0.640. The van der Waals surface area contributed by atoms with Gasteiger partial charge in [-0.1, -0.05) is 18.7 Å². The van der Waals surface area contributed by atoms with Gasteiger partial charge in [0.15, 0.2) is 5.16 Å². The molecule has 1 aromatic rings. The molecule has 5 heteroatoms. The molecular formula is C14H23N3OS. The highest BCUT2D eigenvalue weighted by atomic mass is 32.2. The van der Waals surface area contributed by atoms with E-state index in [0.717, 1.165) is 36.2 Å². The molecule has 4 nitrogen and oxygen atoms in total. The van der Waals surface area contributed by atoms with Gasteiger partial charge in [-0.25, -0.2) is 9.97 Å². The SMILES string of the molecule is Cc1cc(C)nc(SC(C)CNCC2CCCO2)n1. The number of rotatable bonds is 6. The Balaban J connectivity index is 1.72. The molecule has 0 radical (unpaired) electrons. The van der Waals surface area contributed by atoms with Crippen molar-refractivity contribution in [3.8, 4) is 0 Å². The smallest absolute Gasteiger partial charge is 0.188 e. The largest absolute Gasteiger partial charge is 0.377 e. The summed E-state index contributed by atoms with van der Waals surface area (Å²) in [6, 6.07) is 2.00. The summed E-state index contributed by atoms with van der Waals surface area (Å²) in [6.45, 7) is 9.07. The fourth-order valence-electron chi connectivity index (χ4n) is 2.22. The lowest BCUT2D eigenvalue weighted by Crippen LogP contribution is -2.30. The Morgan fingerprint density at radius 2 is 2.16 bits per heavy atom. The van der Waals surface area contributed by atoms with E-state index in [1.807, 2.05) is 19.9 Å². The summed E-state index contributed by atoms with van der Waals surface area (Å²) >= 11 is 1.73. The van der Waals surface area contributed by atoms with Gasteiger partial charge in [-0.2, -0.15) is 0 Å². The summed E-state index contributed by atoms with van der Waals surface area (Å²) in [4.78, 5) is 8.92. The van der Waals surface area contributed by atoms with Crippen LogP contribution < -0.4 is 5.32 Å². The first-order valence-electron chi connectivity index (χ1n) is 6.95. The van der Waals surface area contributed by atoms with Gasteiger partial charge in [0.05, 0.1) is 6.10 Å². The Morgan fingerprint density at radius 1 is 1.42 bits per heavy atom. The second-order valence-corrected chi connectivity index (χ2v) is 6.56. The third kappa shape index (κ3) is 5.09. The molecule has 1 fully saturated rings. The van der Waals surface area contributed by atoms with Crippen LogP contribution in [0.1, 0.15) is 31.2 Å². The molecule has 1 N–H and O–H groups in total. The van der Waals surface area contributed by atoms with Crippen LogP contribution in [0, 0.1) is 13.8 Å². The average molecular weight is 281 g/mol. The van der Waals surface area contributed by atoms with Gasteiger partial charge in [-0.05, 0) is 32.8 Å². The maximum absolute atomic E-state index is 5.59. The zero-order valence-corrected chi connectivity index (χ0v) is 12.8. The van der Waals surface area contributed by atoms with Crippen LogP contribution >= 0.6 is 11.8 Å². The highest BCUT2D eigenvalue weighted by Crippen LogP contribution is 2.19. The average Bonchev–Trinajstić information content (AvgIpc) is 2.80. The third-order valence-corrected chi connectivity index (χ3v) is 4.06. The van der Waals surface area contributed by atoms with Gasteiger partial charge in [-0.15, -0.1) is 0 Å². The first-order chi connectivity index (χ1) is 9.13. The van der Waals surface area contributed by atoms with Crippen molar-refractivity contribution in [2.45, 2.75) is 50.1 Å². The zero-order valence-electron chi connectivity index (χ0n) is 12.0. The molecule has 1 aliphatic rings. The van der Waals surface area contributed by atoms with E-state index in [1.54, 1.807) is 11.8 Å². The summed E-state index contributed by atoms with van der Waals surface area (Å²) in [6.07, 6.45) is 2.80. The lowest BCUT2D eigenvalue weighted by atomic mass is 10.2. The van der Waals surface area contributed by atoms with Gasteiger partial charge in [0.25, 0.3) is 0 Å². The Labute approximate surface area is 119 Å². The number of hydrogen-bond acceptors (Lipinski definition) is 5. The lowest BCUT2D eigenvalue weighted by molar-refractivity contribution is 0.110. The van der Waals surface area contributed by atoms with Crippen LogP contribution in [0.5, 0.6) is 0 Å². The van der Waals surface area contributed by atoms with Crippen LogP contribution in [0.15, 0.2) is 11.2 Å². The van der Waals surface area contributed by atoms with E-state index in [0.29, 0.717) is 11.4 Å². The molecule has 106 valence electrons. The van der Waals surface area contributed by atoms with Gasteiger partial charge in [0.2, 0.25) is 0 Å².